The zero-order valence-electron chi connectivity index (χ0n) is 14.4. The van der Waals surface area contributed by atoms with Crippen LogP contribution in [0.5, 0.6) is 0 Å². The normalized spacial score (nSPS) is 26.3. The van der Waals surface area contributed by atoms with Gasteiger partial charge in [0.05, 0.1) is 24.8 Å². The molecule has 1 aromatic rings. The second-order valence-corrected chi connectivity index (χ2v) is 6.93. The Labute approximate surface area is 147 Å². The number of hydrogen-bond acceptors (Lipinski definition) is 4. The van der Waals surface area contributed by atoms with Gasteiger partial charge in [-0.05, 0) is 50.7 Å². The second-order valence-electron chi connectivity index (χ2n) is 6.93. The van der Waals surface area contributed by atoms with Crippen molar-refractivity contribution in [3.63, 3.8) is 0 Å². The zero-order chi connectivity index (χ0) is 17.6. The molecule has 1 saturated carbocycles. The number of furan rings is 1. The van der Waals surface area contributed by atoms with Crippen LogP contribution < -0.4 is 5.32 Å². The van der Waals surface area contributed by atoms with Crippen molar-refractivity contribution in [2.24, 2.45) is 5.92 Å². The van der Waals surface area contributed by atoms with E-state index in [1.165, 1.54) is 0 Å². The summed E-state index contributed by atoms with van der Waals surface area (Å²) in [7, 11) is 0. The zero-order valence-corrected chi connectivity index (χ0v) is 14.4. The van der Waals surface area contributed by atoms with Crippen LogP contribution in [0.25, 0.3) is 0 Å². The van der Waals surface area contributed by atoms with Crippen LogP contribution in [0.4, 0.5) is 4.79 Å². The molecule has 1 saturated heterocycles. The number of nitrogens with zero attached hydrogens (tertiary/aromatic N) is 1. The van der Waals surface area contributed by atoms with Crippen molar-refractivity contribution < 1.29 is 23.8 Å². The van der Waals surface area contributed by atoms with Crippen LogP contribution in [0.1, 0.15) is 44.3 Å². The summed E-state index contributed by atoms with van der Waals surface area (Å²) < 4.78 is 11.0. The van der Waals surface area contributed by atoms with Gasteiger partial charge >= 0.3 is 12.0 Å². The SMILES string of the molecule is O=C(O)C1CCC(NC(=O)N(Cc2ccco2)CC2CCCO2)CC1. The van der Waals surface area contributed by atoms with E-state index in [0.29, 0.717) is 38.8 Å². The van der Waals surface area contributed by atoms with Gasteiger partial charge in [-0.25, -0.2) is 4.79 Å². The van der Waals surface area contributed by atoms with E-state index in [4.69, 9.17) is 14.3 Å². The molecule has 7 nitrogen and oxygen atoms in total. The number of carboxylic acids is 1. The molecule has 2 aliphatic rings. The second kappa shape index (κ2) is 8.38. The third kappa shape index (κ3) is 4.98. The molecular weight excluding hydrogens is 324 g/mol. The number of hydrogen-bond donors (Lipinski definition) is 2. The first-order valence-corrected chi connectivity index (χ1v) is 9.04. The largest absolute Gasteiger partial charge is 0.481 e. The van der Waals surface area contributed by atoms with Crippen molar-refractivity contribution >= 4 is 12.0 Å². The molecule has 1 unspecified atom stereocenters. The minimum Gasteiger partial charge on any atom is -0.481 e. The van der Waals surface area contributed by atoms with Gasteiger partial charge in [0.15, 0.2) is 0 Å². The molecule has 2 amide bonds. The van der Waals surface area contributed by atoms with Crippen molar-refractivity contribution in [2.45, 2.75) is 57.2 Å². The van der Waals surface area contributed by atoms with Crippen molar-refractivity contribution in [3.8, 4) is 0 Å². The highest BCUT2D eigenvalue weighted by Gasteiger charge is 2.29. The van der Waals surface area contributed by atoms with E-state index >= 15 is 0 Å². The summed E-state index contributed by atoms with van der Waals surface area (Å²) in [6.07, 6.45) is 6.31. The van der Waals surface area contributed by atoms with Crippen molar-refractivity contribution in [2.75, 3.05) is 13.2 Å². The van der Waals surface area contributed by atoms with Crippen LogP contribution in [-0.2, 0) is 16.1 Å². The number of carboxylic acid groups (broad SMARTS) is 1. The van der Waals surface area contributed by atoms with Crippen LogP contribution in [0, 0.1) is 5.92 Å². The predicted molar refractivity (Wildman–Crippen MR) is 90.0 cm³/mol. The monoisotopic (exact) mass is 350 g/mol. The van der Waals surface area contributed by atoms with Crippen LogP contribution in [-0.4, -0.2) is 47.3 Å². The fourth-order valence-corrected chi connectivity index (χ4v) is 3.59. The van der Waals surface area contributed by atoms with Gasteiger partial charge in [0, 0.05) is 19.2 Å². The smallest absolute Gasteiger partial charge is 0.318 e. The molecule has 2 N–H and O–H groups in total. The summed E-state index contributed by atoms with van der Waals surface area (Å²) in [5.41, 5.74) is 0. The van der Waals surface area contributed by atoms with E-state index < -0.39 is 5.97 Å². The predicted octanol–water partition coefficient (Wildman–Crippen LogP) is 2.61. The minimum atomic E-state index is -0.734. The number of rotatable bonds is 6. The summed E-state index contributed by atoms with van der Waals surface area (Å²) >= 11 is 0. The molecule has 1 aliphatic heterocycles. The van der Waals surface area contributed by atoms with E-state index in [2.05, 4.69) is 5.32 Å². The summed E-state index contributed by atoms with van der Waals surface area (Å²) in [5.74, 6) is -0.274. The molecule has 25 heavy (non-hydrogen) atoms. The van der Waals surface area contributed by atoms with Crippen LogP contribution in [0.15, 0.2) is 22.8 Å². The lowest BCUT2D eigenvalue weighted by atomic mass is 9.86. The number of ether oxygens (including phenoxy) is 1. The quantitative estimate of drug-likeness (QED) is 0.823. The van der Waals surface area contributed by atoms with Crippen molar-refractivity contribution in [1.29, 1.82) is 0 Å². The number of aliphatic carboxylic acids is 1. The Morgan fingerprint density at radius 2 is 2.04 bits per heavy atom. The summed E-state index contributed by atoms with van der Waals surface area (Å²) in [5, 5.41) is 12.1. The number of amides is 2. The first-order chi connectivity index (χ1) is 12.1. The molecule has 0 bridgehead atoms. The van der Waals surface area contributed by atoms with Gasteiger partial charge < -0.3 is 24.5 Å². The van der Waals surface area contributed by atoms with E-state index in [1.807, 2.05) is 12.1 Å². The highest BCUT2D eigenvalue weighted by atomic mass is 16.5. The molecule has 1 aromatic heterocycles. The summed E-state index contributed by atoms with van der Waals surface area (Å²) in [4.78, 5) is 25.5. The Hall–Kier alpha value is -2.02. The third-order valence-electron chi connectivity index (χ3n) is 5.07. The van der Waals surface area contributed by atoms with Gasteiger partial charge in [0.1, 0.15) is 5.76 Å². The Morgan fingerprint density at radius 1 is 1.24 bits per heavy atom. The Morgan fingerprint density at radius 3 is 2.64 bits per heavy atom. The topological polar surface area (TPSA) is 92.0 Å². The summed E-state index contributed by atoms with van der Waals surface area (Å²) in [6, 6.07) is 3.57. The molecule has 138 valence electrons. The molecule has 2 heterocycles. The van der Waals surface area contributed by atoms with Gasteiger partial charge in [-0.3, -0.25) is 4.79 Å². The molecule has 0 radical (unpaired) electrons. The fraction of sp³-hybridized carbons (Fsp3) is 0.667. The number of carbonyl (C=O) groups is 2. The van der Waals surface area contributed by atoms with Gasteiger partial charge in [-0.2, -0.15) is 0 Å². The van der Waals surface area contributed by atoms with Crippen LogP contribution in [0.2, 0.25) is 0 Å². The maximum Gasteiger partial charge on any atom is 0.318 e. The Bertz CT molecular complexity index is 560. The molecule has 0 spiro atoms. The first kappa shape index (κ1) is 17.8. The molecule has 1 atom stereocenters. The standard InChI is InChI=1S/C18H26N2O5/c21-17(22)13-5-7-14(8-6-13)19-18(23)20(11-15-3-1-9-24-15)12-16-4-2-10-25-16/h1,3,9,13-14,16H,2,4-8,10-12H2,(H,19,23)(H,21,22). The number of urea groups is 1. The molecule has 0 aromatic carbocycles. The highest BCUT2D eigenvalue weighted by Crippen LogP contribution is 2.25. The van der Waals surface area contributed by atoms with Crippen LogP contribution in [0.3, 0.4) is 0 Å². The maximum atomic E-state index is 12.7. The average molecular weight is 350 g/mol. The minimum absolute atomic E-state index is 0.0340. The Balaban J connectivity index is 1.55. The Kier molecular flexibility index (Phi) is 5.96. The van der Waals surface area contributed by atoms with E-state index in [1.54, 1.807) is 11.2 Å². The lowest BCUT2D eigenvalue weighted by Crippen LogP contribution is -2.48. The molecule has 2 fully saturated rings. The molecule has 7 heteroatoms. The summed E-state index contributed by atoms with van der Waals surface area (Å²) in [6.45, 7) is 1.69. The van der Waals surface area contributed by atoms with E-state index in [-0.39, 0.29) is 24.1 Å². The molecule has 1 aliphatic carbocycles. The molecule has 3 rings (SSSR count). The molecular formula is C18H26N2O5. The van der Waals surface area contributed by atoms with Gasteiger partial charge in [0.25, 0.3) is 0 Å². The maximum absolute atomic E-state index is 12.7. The number of nitrogens with one attached hydrogen (secondary N) is 1. The van der Waals surface area contributed by atoms with Crippen molar-refractivity contribution in [1.82, 2.24) is 10.2 Å². The van der Waals surface area contributed by atoms with Crippen molar-refractivity contribution in [3.05, 3.63) is 24.2 Å². The van der Waals surface area contributed by atoms with Crippen LogP contribution >= 0.6 is 0 Å². The van der Waals surface area contributed by atoms with Gasteiger partial charge in [-0.15, -0.1) is 0 Å². The van der Waals surface area contributed by atoms with E-state index in [9.17, 15) is 9.59 Å². The third-order valence-corrected chi connectivity index (χ3v) is 5.07. The lowest BCUT2D eigenvalue weighted by Gasteiger charge is -2.31. The highest BCUT2D eigenvalue weighted by molar-refractivity contribution is 5.74. The van der Waals surface area contributed by atoms with Gasteiger partial charge in [0.2, 0.25) is 0 Å². The van der Waals surface area contributed by atoms with Gasteiger partial charge in [-0.1, -0.05) is 0 Å². The first-order valence-electron chi connectivity index (χ1n) is 9.04. The lowest BCUT2D eigenvalue weighted by molar-refractivity contribution is -0.142. The average Bonchev–Trinajstić information content (AvgIpc) is 3.28. The van der Waals surface area contributed by atoms with E-state index in [0.717, 1.165) is 25.2 Å². The fourth-order valence-electron chi connectivity index (χ4n) is 3.59. The number of carbonyl (C=O) groups excluding carboxylic acids is 1.